The summed E-state index contributed by atoms with van der Waals surface area (Å²) in [4.78, 5) is 30.6. The van der Waals surface area contributed by atoms with Crippen LogP contribution in [-0.2, 0) is 0 Å². The van der Waals surface area contributed by atoms with Crippen molar-refractivity contribution < 1.29 is 4.79 Å². The van der Waals surface area contributed by atoms with E-state index in [2.05, 4.69) is 19.9 Å². The maximum absolute atomic E-state index is 13.2. The van der Waals surface area contributed by atoms with Gasteiger partial charge in [-0.1, -0.05) is 18.2 Å². The Hall–Kier alpha value is -3.02. The maximum atomic E-state index is 13.2. The first kappa shape index (κ1) is 15.3. The van der Waals surface area contributed by atoms with Crippen LogP contribution in [0.3, 0.4) is 0 Å². The van der Waals surface area contributed by atoms with Gasteiger partial charge in [0.15, 0.2) is 0 Å². The number of likely N-dealkylation sites (tertiary alicyclic amines) is 1. The second kappa shape index (κ2) is 5.76. The van der Waals surface area contributed by atoms with Crippen molar-refractivity contribution in [3.8, 4) is 0 Å². The van der Waals surface area contributed by atoms with Crippen LogP contribution < -0.4 is 4.90 Å². The lowest BCUT2D eigenvalue weighted by atomic mass is 9.84. The SMILES string of the molecule is O=C(c1cccc2cccnc12)N1CCC2(CCN2c2ncccn2)C1. The topological polar surface area (TPSA) is 62.2 Å². The number of benzene rings is 1. The second-order valence-corrected chi connectivity index (χ2v) is 7.03. The third-order valence-electron chi connectivity index (χ3n) is 5.65. The van der Waals surface area contributed by atoms with Gasteiger partial charge in [-0.25, -0.2) is 9.97 Å². The Morgan fingerprint density at radius 3 is 2.50 bits per heavy atom. The molecule has 1 aromatic carbocycles. The van der Waals surface area contributed by atoms with Crippen LogP contribution in [0.5, 0.6) is 0 Å². The molecular weight excluding hydrogens is 326 g/mol. The van der Waals surface area contributed by atoms with E-state index in [0.29, 0.717) is 12.1 Å². The molecule has 0 bridgehead atoms. The van der Waals surface area contributed by atoms with Gasteiger partial charge in [-0.15, -0.1) is 0 Å². The second-order valence-electron chi connectivity index (χ2n) is 7.03. The summed E-state index contributed by atoms with van der Waals surface area (Å²) in [7, 11) is 0. The van der Waals surface area contributed by atoms with Gasteiger partial charge in [0.1, 0.15) is 0 Å². The Morgan fingerprint density at radius 1 is 0.923 bits per heavy atom. The van der Waals surface area contributed by atoms with E-state index in [1.54, 1.807) is 18.6 Å². The summed E-state index contributed by atoms with van der Waals surface area (Å²) in [5.41, 5.74) is 1.44. The minimum absolute atomic E-state index is 0.0188. The Morgan fingerprint density at radius 2 is 1.69 bits per heavy atom. The molecule has 4 heterocycles. The number of hydrogen-bond acceptors (Lipinski definition) is 5. The number of carbonyl (C=O) groups is 1. The van der Waals surface area contributed by atoms with Crippen molar-refractivity contribution in [1.29, 1.82) is 0 Å². The summed E-state index contributed by atoms with van der Waals surface area (Å²) in [5.74, 6) is 0.826. The van der Waals surface area contributed by atoms with Crippen molar-refractivity contribution in [2.75, 3.05) is 24.5 Å². The Balaban J connectivity index is 1.42. The molecule has 6 nitrogen and oxygen atoms in total. The van der Waals surface area contributed by atoms with Crippen molar-refractivity contribution in [2.24, 2.45) is 0 Å². The minimum atomic E-state index is -0.0188. The number of aromatic nitrogens is 3. The molecule has 130 valence electrons. The fourth-order valence-corrected chi connectivity index (χ4v) is 4.18. The third-order valence-corrected chi connectivity index (χ3v) is 5.65. The number of pyridine rings is 1. The molecule has 2 aliphatic rings. The van der Waals surface area contributed by atoms with Crippen LogP contribution in [0.15, 0.2) is 55.0 Å². The number of hydrogen-bond donors (Lipinski definition) is 0. The predicted octanol–water partition coefficient (Wildman–Crippen LogP) is 2.52. The van der Waals surface area contributed by atoms with Gasteiger partial charge in [-0.3, -0.25) is 9.78 Å². The Kier molecular flexibility index (Phi) is 3.38. The molecule has 0 N–H and O–H groups in total. The predicted molar refractivity (Wildman–Crippen MR) is 99.0 cm³/mol. The highest BCUT2D eigenvalue weighted by Crippen LogP contribution is 2.41. The lowest BCUT2D eigenvalue weighted by Crippen LogP contribution is -2.62. The molecule has 3 aromatic rings. The van der Waals surface area contributed by atoms with Crippen LogP contribution in [0.4, 0.5) is 5.95 Å². The van der Waals surface area contributed by atoms with Crippen LogP contribution in [-0.4, -0.2) is 50.9 Å². The van der Waals surface area contributed by atoms with Gasteiger partial charge in [0, 0.05) is 43.6 Å². The molecule has 26 heavy (non-hydrogen) atoms. The molecule has 0 saturated carbocycles. The molecule has 1 amide bonds. The summed E-state index contributed by atoms with van der Waals surface area (Å²) >= 11 is 0. The van der Waals surface area contributed by atoms with Crippen LogP contribution >= 0.6 is 0 Å². The maximum Gasteiger partial charge on any atom is 0.256 e. The summed E-state index contributed by atoms with van der Waals surface area (Å²) < 4.78 is 0. The summed E-state index contributed by atoms with van der Waals surface area (Å²) in [6.07, 6.45) is 7.31. The molecule has 2 saturated heterocycles. The Bertz CT molecular complexity index is 971. The van der Waals surface area contributed by atoms with Gasteiger partial charge in [0.05, 0.1) is 16.6 Å². The largest absolute Gasteiger partial charge is 0.336 e. The Labute approximate surface area is 151 Å². The third kappa shape index (κ3) is 2.25. The van der Waals surface area contributed by atoms with E-state index in [9.17, 15) is 4.79 Å². The number of amides is 1. The fraction of sp³-hybridized carbons (Fsp3) is 0.300. The van der Waals surface area contributed by atoms with Crippen molar-refractivity contribution in [3.05, 3.63) is 60.6 Å². The molecule has 2 aliphatic heterocycles. The molecule has 1 spiro atoms. The highest BCUT2D eigenvalue weighted by Gasteiger charge is 2.51. The van der Waals surface area contributed by atoms with Crippen LogP contribution in [0.25, 0.3) is 10.9 Å². The highest BCUT2D eigenvalue weighted by atomic mass is 16.2. The molecule has 0 radical (unpaired) electrons. The van der Waals surface area contributed by atoms with Gasteiger partial charge in [0.2, 0.25) is 5.95 Å². The zero-order chi connectivity index (χ0) is 17.6. The van der Waals surface area contributed by atoms with Gasteiger partial charge in [-0.05, 0) is 31.0 Å². The van der Waals surface area contributed by atoms with E-state index in [1.807, 2.05) is 41.3 Å². The van der Waals surface area contributed by atoms with Crippen LogP contribution in [0.1, 0.15) is 23.2 Å². The molecule has 5 rings (SSSR count). The molecule has 0 aliphatic carbocycles. The van der Waals surface area contributed by atoms with Crippen molar-refractivity contribution >= 4 is 22.8 Å². The molecular formula is C20H19N5O. The first-order valence-corrected chi connectivity index (χ1v) is 8.95. The lowest BCUT2D eigenvalue weighted by molar-refractivity contribution is 0.0777. The molecule has 1 atom stereocenters. The number of rotatable bonds is 2. The number of anilines is 1. The molecule has 6 heteroatoms. The molecule has 2 fully saturated rings. The molecule has 2 aromatic heterocycles. The quantitative estimate of drug-likeness (QED) is 0.714. The molecule has 1 unspecified atom stereocenters. The van der Waals surface area contributed by atoms with Gasteiger partial charge >= 0.3 is 0 Å². The zero-order valence-corrected chi connectivity index (χ0v) is 14.4. The highest BCUT2D eigenvalue weighted by molar-refractivity contribution is 6.05. The van der Waals surface area contributed by atoms with E-state index in [1.165, 1.54) is 0 Å². The van der Waals surface area contributed by atoms with Gasteiger partial charge in [0.25, 0.3) is 5.91 Å². The first-order valence-electron chi connectivity index (χ1n) is 8.95. The van der Waals surface area contributed by atoms with Crippen molar-refractivity contribution in [1.82, 2.24) is 19.9 Å². The van der Waals surface area contributed by atoms with Gasteiger partial charge in [-0.2, -0.15) is 0 Å². The smallest absolute Gasteiger partial charge is 0.256 e. The van der Waals surface area contributed by atoms with Crippen molar-refractivity contribution in [3.63, 3.8) is 0 Å². The number of para-hydroxylation sites is 1. The van der Waals surface area contributed by atoms with Crippen LogP contribution in [0.2, 0.25) is 0 Å². The average molecular weight is 345 g/mol. The van der Waals surface area contributed by atoms with Gasteiger partial charge < -0.3 is 9.80 Å². The first-order chi connectivity index (χ1) is 12.8. The van der Waals surface area contributed by atoms with E-state index in [-0.39, 0.29) is 11.4 Å². The summed E-state index contributed by atoms with van der Waals surface area (Å²) in [6.45, 7) is 2.42. The fourth-order valence-electron chi connectivity index (χ4n) is 4.18. The summed E-state index contributed by atoms with van der Waals surface area (Å²) in [5, 5.41) is 0.996. The van der Waals surface area contributed by atoms with E-state index in [0.717, 1.165) is 42.8 Å². The lowest BCUT2D eigenvalue weighted by Gasteiger charge is -2.50. The zero-order valence-electron chi connectivity index (χ0n) is 14.4. The van der Waals surface area contributed by atoms with Crippen LogP contribution in [0, 0.1) is 0 Å². The average Bonchev–Trinajstić information content (AvgIpc) is 3.15. The number of carbonyl (C=O) groups excluding carboxylic acids is 1. The van der Waals surface area contributed by atoms with E-state index in [4.69, 9.17) is 0 Å². The monoisotopic (exact) mass is 345 g/mol. The minimum Gasteiger partial charge on any atom is -0.336 e. The van der Waals surface area contributed by atoms with Crippen molar-refractivity contribution in [2.45, 2.75) is 18.4 Å². The number of nitrogens with zero attached hydrogens (tertiary/aromatic N) is 5. The normalized spacial score (nSPS) is 22.0. The standard InChI is InChI=1S/C20H19N5O/c26-18(16-6-1-4-15-5-2-9-21-17(15)16)24-12-7-20(14-24)8-13-25(20)19-22-10-3-11-23-19/h1-6,9-11H,7-8,12-14H2. The van der Waals surface area contributed by atoms with E-state index >= 15 is 0 Å². The number of fused-ring (bicyclic) bond motifs is 1. The summed E-state index contributed by atoms with van der Waals surface area (Å²) in [6, 6.07) is 11.5. The van der Waals surface area contributed by atoms with E-state index < -0.39 is 0 Å².